The zero-order valence-corrected chi connectivity index (χ0v) is 17.4. The van der Waals surface area contributed by atoms with E-state index in [1.807, 2.05) is 6.07 Å². The number of aromatic nitrogens is 3. The fourth-order valence-electron chi connectivity index (χ4n) is 7.01. The molecule has 1 heterocycles. The van der Waals surface area contributed by atoms with E-state index in [4.69, 9.17) is 4.74 Å². The zero-order chi connectivity index (χ0) is 21.1. The number of fused-ring (bicyclic) bond motifs is 1. The van der Waals surface area contributed by atoms with Gasteiger partial charge in [0.25, 0.3) is 5.56 Å². The van der Waals surface area contributed by atoms with Gasteiger partial charge in [-0.3, -0.25) is 9.59 Å². The summed E-state index contributed by atoms with van der Waals surface area (Å²) in [6, 6.07) is 17.8. The fraction of sp³-hybridized carbons (Fsp3) is 0.440. The molecule has 4 aliphatic carbocycles. The Bertz CT molecular complexity index is 1210. The number of esters is 1. The van der Waals surface area contributed by atoms with Gasteiger partial charge in [0.05, 0.1) is 10.8 Å². The van der Waals surface area contributed by atoms with Crippen LogP contribution < -0.4 is 5.56 Å². The Kier molecular flexibility index (Phi) is 4.07. The van der Waals surface area contributed by atoms with E-state index >= 15 is 0 Å². The van der Waals surface area contributed by atoms with E-state index in [1.54, 1.807) is 18.2 Å². The highest BCUT2D eigenvalue weighted by Crippen LogP contribution is 2.66. The van der Waals surface area contributed by atoms with Gasteiger partial charge in [-0.15, -0.1) is 5.10 Å². The predicted molar refractivity (Wildman–Crippen MR) is 115 cm³/mol. The molecule has 1 aromatic heterocycles. The number of carbonyl (C=O) groups is 1. The molecule has 3 aromatic rings. The van der Waals surface area contributed by atoms with Crippen molar-refractivity contribution >= 4 is 16.9 Å². The minimum atomic E-state index is -0.451. The summed E-state index contributed by atoms with van der Waals surface area (Å²) in [7, 11) is 0. The van der Waals surface area contributed by atoms with Gasteiger partial charge in [-0.25, -0.2) is 0 Å². The SMILES string of the molecule is O=C(OCn1nnc2ccccc2c1=O)C12CC3CC(C1)CC(c1ccccc1)(C3)C2. The molecule has 31 heavy (non-hydrogen) atoms. The van der Waals surface area contributed by atoms with Crippen molar-refractivity contribution in [2.24, 2.45) is 17.3 Å². The van der Waals surface area contributed by atoms with Crippen molar-refractivity contribution in [1.82, 2.24) is 15.0 Å². The summed E-state index contributed by atoms with van der Waals surface area (Å²) < 4.78 is 6.89. The molecular formula is C25H25N3O3. The van der Waals surface area contributed by atoms with E-state index in [-0.39, 0.29) is 23.7 Å². The maximum Gasteiger partial charge on any atom is 0.313 e. The molecule has 0 radical (unpaired) electrons. The average molecular weight is 415 g/mol. The highest BCUT2D eigenvalue weighted by molar-refractivity contribution is 5.78. The van der Waals surface area contributed by atoms with Crippen molar-refractivity contribution in [1.29, 1.82) is 0 Å². The van der Waals surface area contributed by atoms with Crippen LogP contribution in [0.1, 0.15) is 44.1 Å². The smallest absolute Gasteiger partial charge is 0.313 e. The van der Waals surface area contributed by atoms with Gasteiger partial charge >= 0.3 is 5.97 Å². The topological polar surface area (TPSA) is 74.1 Å². The van der Waals surface area contributed by atoms with Crippen LogP contribution in [0.2, 0.25) is 0 Å². The first-order chi connectivity index (χ1) is 15.1. The normalized spacial score (nSPS) is 31.1. The lowest BCUT2D eigenvalue weighted by atomic mass is 9.43. The molecule has 0 N–H and O–H groups in total. The fourth-order valence-corrected chi connectivity index (χ4v) is 7.01. The molecule has 2 atom stereocenters. The van der Waals surface area contributed by atoms with Crippen LogP contribution in [-0.2, 0) is 21.7 Å². The first-order valence-electron chi connectivity index (χ1n) is 11.1. The molecule has 0 aliphatic heterocycles. The Morgan fingerprint density at radius 1 is 1.00 bits per heavy atom. The van der Waals surface area contributed by atoms with Crippen LogP contribution in [0.5, 0.6) is 0 Å². The van der Waals surface area contributed by atoms with Crippen molar-refractivity contribution in [3.05, 3.63) is 70.5 Å². The van der Waals surface area contributed by atoms with Gasteiger partial charge in [0.15, 0.2) is 6.73 Å². The standard InChI is InChI=1S/C25H25N3O3/c29-22-20-8-4-5-9-21(20)26-27-28(22)16-31-23(30)25-13-17-10-18(14-25)12-24(11-17,15-25)19-6-2-1-3-7-19/h1-9,17-18H,10-16H2. The lowest BCUT2D eigenvalue weighted by molar-refractivity contribution is -0.178. The van der Waals surface area contributed by atoms with Gasteiger partial charge < -0.3 is 4.74 Å². The lowest BCUT2D eigenvalue weighted by Gasteiger charge is -2.61. The van der Waals surface area contributed by atoms with Gasteiger partial charge in [-0.05, 0) is 73.5 Å². The van der Waals surface area contributed by atoms with Crippen molar-refractivity contribution in [2.75, 3.05) is 0 Å². The molecule has 4 bridgehead atoms. The summed E-state index contributed by atoms with van der Waals surface area (Å²) in [6.45, 7) is -0.190. The lowest BCUT2D eigenvalue weighted by Crippen LogP contribution is -2.57. The molecular weight excluding hydrogens is 390 g/mol. The number of rotatable bonds is 4. The van der Waals surface area contributed by atoms with Gasteiger partial charge in [0.2, 0.25) is 0 Å². The van der Waals surface area contributed by atoms with E-state index < -0.39 is 5.41 Å². The monoisotopic (exact) mass is 415 g/mol. The Labute approximate surface area is 180 Å². The Balaban J connectivity index is 1.27. The molecule has 4 aliphatic rings. The first kappa shape index (κ1) is 18.7. The van der Waals surface area contributed by atoms with Crippen molar-refractivity contribution in [3.8, 4) is 0 Å². The molecule has 4 saturated carbocycles. The maximum atomic E-state index is 13.4. The first-order valence-corrected chi connectivity index (χ1v) is 11.1. The summed E-state index contributed by atoms with van der Waals surface area (Å²) >= 11 is 0. The molecule has 6 nitrogen and oxygen atoms in total. The van der Waals surface area contributed by atoms with Gasteiger partial charge in [0.1, 0.15) is 5.52 Å². The molecule has 0 saturated heterocycles. The highest BCUT2D eigenvalue weighted by Gasteiger charge is 2.61. The molecule has 2 unspecified atom stereocenters. The van der Waals surface area contributed by atoms with Gasteiger partial charge in [-0.1, -0.05) is 47.7 Å². The summed E-state index contributed by atoms with van der Waals surface area (Å²) in [5, 5.41) is 8.53. The Hall–Kier alpha value is -3.02. The van der Waals surface area contributed by atoms with Crippen LogP contribution in [0.15, 0.2) is 59.4 Å². The molecule has 0 amide bonds. The van der Waals surface area contributed by atoms with Crippen LogP contribution >= 0.6 is 0 Å². The maximum absolute atomic E-state index is 13.4. The van der Waals surface area contributed by atoms with Gasteiger partial charge in [-0.2, -0.15) is 4.68 Å². The third kappa shape index (κ3) is 2.92. The average Bonchev–Trinajstić information content (AvgIpc) is 2.78. The van der Waals surface area contributed by atoms with Crippen molar-refractivity contribution in [3.63, 3.8) is 0 Å². The predicted octanol–water partition coefficient (Wildman–Crippen LogP) is 3.83. The van der Waals surface area contributed by atoms with Crippen LogP contribution in [0.25, 0.3) is 10.9 Å². The highest BCUT2D eigenvalue weighted by atomic mass is 16.5. The number of nitrogens with zero attached hydrogens (tertiary/aromatic N) is 3. The van der Waals surface area contributed by atoms with Crippen molar-refractivity contribution in [2.45, 2.75) is 50.7 Å². The summed E-state index contributed by atoms with van der Waals surface area (Å²) in [6.07, 6.45) is 6.19. The molecule has 158 valence electrons. The quantitative estimate of drug-likeness (QED) is 0.606. The second-order valence-corrected chi connectivity index (χ2v) is 9.86. The second kappa shape index (κ2) is 6.74. The van der Waals surface area contributed by atoms with E-state index in [1.165, 1.54) is 12.0 Å². The number of ether oxygens (including phenoxy) is 1. The summed E-state index contributed by atoms with van der Waals surface area (Å²) in [5.74, 6) is 0.957. The van der Waals surface area contributed by atoms with E-state index in [9.17, 15) is 9.59 Å². The molecule has 7 rings (SSSR count). The van der Waals surface area contributed by atoms with Crippen LogP contribution in [0, 0.1) is 17.3 Å². The van der Waals surface area contributed by atoms with Crippen LogP contribution in [0.4, 0.5) is 0 Å². The molecule has 4 fully saturated rings. The molecule has 0 spiro atoms. The largest absolute Gasteiger partial charge is 0.442 e. The number of hydrogen-bond acceptors (Lipinski definition) is 5. The Morgan fingerprint density at radius 2 is 1.71 bits per heavy atom. The second-order valence-electron chi connectivity index (χ2n) is 9.86. The molecule has 6 heteroatoms. The van der Waals surface area contributed by atoms with E-state index in [0.717, 1.165) is 36.8 Å². The summed E-state index contributed by atoms with van der Waals surface area (Å²) in [5.41, 5.74) is 1.24. The molecule has 2 aromatic carbocycles. The van der Waals surface area contributed by atoms with Crippen LogP contribution in [0.3, 0.4) is 0 Å². The Morgan fingerprint density at radius 3 is 2.48 bits per heavy atom. The van der Waals surface area contributed by atoms with Crippen molar-refractivity contribution < 1.29 is 9.53 Å². The number of hydrogen-bond donors (Lipinski definition) is 0. The van der Waals surface area contributed by atoms with Crippen LogP contribution in [-0.4, -0.2) is 21.0 Å². The minimum absolute atomic E-state index is 0.0734. The minimum Gasteiger partial charge on any atom is -0.442 e. The third-order valence-electron chi connectivity index (χ3n) is 7.83. The number of benzene rings is 2. The van der Waals surface area contributed by atoms with Gasteiger partial charge in [0, 0.05) is 0 Å². The summed E-state index contributed by atoms with van der Waals surface area (Å²) in [4.78, 5) is 26.1. The zero-order valence-electron chi connectivity index (χ0n) is 17.4. The third-order valence-corrected chi connectivity index (χ3v) is 7.83. The van der Waals surface area contributed by atoms with E-state index in [0.29, 0.717) is 22.7 Å². The van der Waals surface area contributed by atoms with E-state index in [2.05, 4.69) is 40.6 Å². The number of carbonyl (C=O) groups excluding carboxylic acids is 1.